The second-order valence-corrected chi connectivity index (χ2v) is 5.26. The lowest BCUT2D eigenvalue weighted by Gasteiger charge is -2.29. The Kier molecular flexibility index (Phi) is 4.25. The highest BCUT2D eigenvalue weighted by atomic mass is 16.5. The molecule has 2 unspecified atom stereocenters. The first-order chi connectivity index (χ1) is 8.65. The van der Waals surface area contributed by atoms with E-state index in [1.807, 2.05) is 0 Å². The quantitative estimate of drug-likeness (QED) is 0.892. The summed E-state index contributed by atoms with van der Waals surface area (Å²) in [4.78, 5) is 0. The van der Waals surface area contributed by atoms with Gasteiger partial charge >= 0.3 is 0 Å². The number of fused-ring (bicyclic) bond motifs is 1. The van der Waals surface area contributed by atoms with Crippen molar-refractivity contribution in [3.05, 3.63) is 29.3 Å². The third kappa shape index (κ3) is 2.52. The van der Waals surface area contributed by atoms with Crippen LogP contribution in [-0.2, 0) is 11.2 Å². The minimum absolute atomic E-state index is 0.0158. The normalized spacial score (nSPS) is 18.1. The Morgan fingerprint density at radius 1 is 1.33 bits per heavy atom. The number of hydrogen-bond acceptors (Lipinski definition) is 3. The second-order valence-electron chi connectivity index (χ2n) is 5.26. The van der Waals surface area contributed by atoms with Crippen molar-refractivity contribution in [3.63, 3.8) is 0 Å². The number of nitrogens with two attached hydrogens (primary N) is 1. The molecule has 0 aromatic heterocycles. The zero-order valence-electron chi connectivity index (χ0n) is 11.5. The van der Waals surface area contributed by atoms with Crippen molar-refractivity contribution in [2.45, 2.75) is 38.8 Å². The van der Waals surface area contributed by atoms with Gasteiger partial charge in [0.15, 0.2) is 0 Å². The van der Waals surface area contributed by atoms with Gasteiger partial charge in [0.05, 0.1) is 18.8 Å². The third-order valence-electron chi connectivity index (χ3n) is 3.61. The molecular weight excluding hydrogens is 226 g/mol. The summed E-state index contributed by atoms with van der Waals surface area (Å²) in [6.45, 7) is 5.05. The fourth-order valence-corrected chi connectivity index (χ4v) is 2.69. The summed E-state index contributed by atoms with van der Waals surface area (Å²) in [5, 5.41) is 0. The Morgan fingerprint density at radius 2 is 2.11 bits per heavy atom. The molecule has 3 heteroatoms. The number of benzene rings is 1. The van der Waals surface area contributed by atoms with E-state index in [0.717, 1.165) is 30.8 Å². The van der Waals surface area contributed by atoms with Crippen LogP contribution < -0.4 is 10.5 Å². The van der Waals surface area contributed by atoms with E-state index in [-0.39, 0.29) is 12.1 Å². The minimum Gasteiger partial charge on any atom is -0.493 e. The van der Waals surface area contributed by atoms with E-state index in [4.69, 9.17) is 15.2 Å². The van der Waals surface area contributed by atoms with Gasteiger partial charge in [-0.3, -0.25) is 0 Å². The summed E-state index contributed by atoms with van der Waals surface area (Å²) in [6, 6.07) is 6.11. The first kappa shape index (κ1) is 13.4. The SMILES string of the molecule is COC(C(C)C)C(N)c1cccc2c1OCCC2. The Labute approximate surface area is 109 Å². The zero-order chi connectivity index (χ0) is 13.1. The topological polar surface area (TPSA) is 44.5 Å². The Morgan fingerprint density at radius 3 is 2.78 bits per heavy atom. The van der Waals surface area contributed by atoms with Crippen LogP contribution in [0, 0.1) is 5.92 Å². The van der Waals surface area contributed by atoms with Crippen LogP contribution in [0.3, 0.4) is 0 Å². The smallest absolute Gasteiger partial charge is 0.127 e. The van der Waals surface area contributed by atoms with Crippen LogP contribution >= 0.6 is 0 Å². The molecule has 1 aromatic rings. The van der Waals surface area contributed by atoms with Crippen molar-refractivity contribution < 1.29 is 9.47 Å². The molecule has 0 fully saturated rings. The van der Waals surface area contributed by atoms with Gasteiger partial charge in [0.1, 0.15) is 5.75 Å². The van der Waals surface area contributed by atoms with Gasteiger partial charge in [-0.1, -0.05) is 32.0 Å². The van der Waals surface area contributed by atoms with E-state index < -0.39 is 0 Å². The van der Waals surface area contributed by atoms with E-state index in [1.54, 1.807) is 7.11 Å². The van der Waals surface area contributed by atoms with Crippen LogP contribution in [0.25, 0.3) is 0 Å². The average Bonchev–Trinajstić information content (AvgIpc) is 2.38. The van der Waals surface area contributed by atoms with Gasteiger partial charge in [0.25, 0.3) is 0 Å². The van der Waals surface area contributed by atoms with E-state index >= 15 is 0 Å². The van der Waals surface area contributed by atoms with Gasteiger partial charge in [-0.05, 0) is 24.3 Å². The highest BCUT2D eigenvalue weighted by Gasteiger charge is 2.26. The summed E-state index contributed by atoms with van der Waals surface area (Å²) in [6.07, 6.45) is 2.18. The summed E-state index contributed by atoms with van der Waals surface area (Å²) in [5.41, 5.74) is 8.72. The Balaban J connectivity index is 2.32. The molecule has 1 aliphatic rings. The van der Waals surface area contributed by atoms with Gasteiger partial charge in [-0.15, -0.1) is 0 Å². The molecule has 2 N–H and O–H groups in total. The molecule has 100 valence electrons. The highest BCUT2D eigenvalue weighted by molar-refractivity contribution is 5.44. The maximum Gasteiger partial charge on any atom is 0.127 e. The monoisotopic (exact) mass is 249 g/mol. The minimum atomic E-state index is -0.136. The maximum atomic E-state index is 6.37. The number of para-hydroxylation sites is 1. The lowest BCUT2D eigenvalue weighted by Crippen LogP contribution is -2.33. The predicted molar refractivity (Wildman–Crippen MR) is 72.8 cm³/mol. The molecule has 3 nitrogen and oxygen atoms in total. The fraction of sp³-hybridized carbons (Fsp3) is 0.600. The van der Waals surface area contributed by atoms with Crippen molar-refractivity contribution in [3.8, 4) is 5.75 Å². The summed E-state index contributed by atoms with van der Waals surface area (Å²) in [7, 11) is 1.72. The molecule has 2 atom stereocenters. The number of aryl methyl sites for hydroxylation is 1. The van der Waals surface area contributed by atoms with Crippen LogP contribution in [-0.4, -0.2) is 19.8 Å². The lowest BCUT2D eigenvalue weighted by atomic mass is 9.91. The molecule has 18 heavy (non-hydrogen) atoms. The van der Waals surface area contributed by atoms with Crippen LogP contribution in [0.1, 0.15) is 37.4 Å². The van der Waals surface area contributed by atoms with Gasteiger partial charge < -0.3 is 15.2 Å². The summed E-state index contributed by atoms with van der Waals surface area (Å²) >= 11 is 0. The fourth-order valence-electron chi connectivity index (χ4n) is 2.69. The lowest BCUT2D eigenvalue weighted by molar-refractivity contribution is 0.0428. The third-order valence-corrected chi connectivity index (χ3v) is 3.61. The molecule has 0 spiro atoms. The molecule has 1 heterocycles. The van der Waals surface area contributed by atoms with E-state index in [2.05, 4.69) is 32.0 Å². The molecule has 0 aliphatic carbocycles. The van der Waals surface area contributed by atoms with Crippen LogP contribution in [0.4, 0.5) is 0 Å². The largest absolute Gasteiger partial charge is 0.493 e. The Hall–Kier alpha value is -1.06. The summed E-state index contributed by atoms with van der Waals surface area (Å²) < 4.78 is 11.4. The van der Waals surface area contributed by atoms with Gasteiger partial charge in [0, 0.05) is 12.7 Å². The van der Waals surface area contributed by atoms with Crippen molar-refractivity contribution in [2.75, 3.05) is 13.7 Å². The van der Waals surface area contributed by atoms with Gasteiger partial charge in [-0.2, -0.15) is 0 Å². The standard InChI is InChI=1S/C15H23NO2/c1-10(2)14(17-3)13(16)12-8-4-6-11-7-5-9-18-15(11)12/h4,6,8,10,13-14H,5,7,9,16H2,1-3H3. The first-order valence-corrected chi connectivity index (χ1v) is 6.68. The van der Waals surface area contributed by atoms with E-state index in [9.17, 15) is 0 Å². The molecule has 0 bridgehead atoms. The van der Waals surface area contributed by atoms with Gasteiger partial charge in [-0.25, -0.2) is 0 Å². The van der Waals surface area contributed by atoms with Gasteiger partial charge in [0.2, 0.25) is 0 Å². The molecule has 1 aliphatic heterocycles. The van der Waals surface area contributed by atoms with Crippen molar-refractivity contribution in [1.29, 1.82) is 0 Å². The molecule has 2 rings (SSSR count). The zero-order valence-corrected chi connectivity index (χ0v) is 11.5. The molecule has 0 saturated carbocycles. The summed E-state index contributed by atoms with van der Waals surface area (Å²) in [5.74, 6) is 1.36. The average molecular weight is 249 g/mol. The van der Waals surface area contributed by atoms with Crippen LogP contribution in [0.5, 0.6) is 5.75 Å². The second kappa shape index (κ2) is 5.72. The number of methoxy groups -OCH3 is 1. The van der Waals surface area contributed by atoms with Crippen molar-refractivity contribution in [1.82, 2.24) is 0 Å². The predicted octanol–water partition coefficient (Wildman–Crippen LogP) is 2.68. The number of rotatable bonds is 4. The number of ether oxygens (including phenoxy) is 2. The molecule has 1 aromatic carbocycles. The van der Waals surface area contributed by atoms with E-state index in [1.165, 1.54) is 5.56 Å². The van der Waals surface area contributed by atoms with E-state index in [0.29, 0.717) is 5.92 Å². The first-order valence-electron chi connectivity index (χ1n) is 6.68. The Bertz CT molecular complexity index is 403. The molecule has 0 saturated heterocycles. The van der Waals surface area contributed by atoms with Crippen LogP contribution in [0.15, 0.2) is 18.2 Å². The van der Waals surface area contributed by atoms with Crippen molar-refractivity contribution in [2.24, 2.45) is 11.7 Å². The highest BCUT2D eigenvalue weighted by Crippen LogP contribution is 2.35. The van der Waals surface area contributed by atoms with Crippen LogP contribution in [0.2, 0.25) is 0 Å². The molecule has 0 amide bonds. The molecule has 0 radical (unpaired) electrons. The maximum absolute atomic E-state index is 6.37. The molecular formula is C15H23NO2. The number of hydrogen-bond donors (Lipinski definition) is 1. The van der Waals surface area contributed by atoms with Crippen molar-refractivity contribution >= 4 is 0 Å².